The molecule has 0 spiro atoms. The zero-order chi connectivity index (χ0) is 4.41. The fraction of sp³-hybridized carbons (Fsp3) is 0. The van der Waals surface area contributed by atoms with Crippen molar-refractivity contribution in [2.24, 2.45) is 4.99 Å². The number of hydrogen-bond donors (Lipinski definition) is 0. The van der Waals surface area contributed by atoms with E-state index in [1.54, 1.807) is 6.21 Å². The molecule has 0 aliphatic carbocycles. The van der Waals surface area contributed by atoms with Gasteiger partial charge < -0.3 is 0 Å². The van der Waals surface area contributed by atoms with Crippen LogP contribution in [0.2, 0.25) is 0 Å². The molecule has 1 nitrogen and oxygen atoms in total. The Hall–Kier alpha value is -0.201. The molecule has 0 bridgehead atoms. The van der Waals surface area contributed by atoms with E-state index in [0.717, 1.165) is 4.54 Å². The van der Waals surface area contributed by atoms with Crippen LogP contribution in [0.3, 0.4) is 0 Å². The van der Waals surface area contributed by atoms with E-state index in [9.17, 15) is 0 Å². The molecule has 0 N–H and O–H groups in total. The van der Waals surface area contributed by atoms with Crippen LogP contribution >= 0.6 is 0 Å². The van der Waals surface area contributed by atoms with Crippen molar-refractivity contribution in [3.63, 3.8) is 0 Å². The molecular weight excluding hydrogens is 141 g/mol. The summed E-state index contributed by atoms with van der Waals surface area (Å²) in [6.45, 7) is 0. The molecule has 1 aliphatic rings. The molecule has 1 aliphatic heterocycles. The molecule has 1 rings (SSSR count). The topological polar surface area (TPSA) is 12.4 Å². The van der Waals surface area contributed by atoms with Crippen LogP contribution in [0.15, 0.2) is 17.1 Å². The summed E-state index contributed by atoms with van der Waals surface area (Å²) in [6, 6.07) is 0. The van der Waals surface area contributed by atoms with Gasteiger partial charge in [-0.2, -0.15) is 0 Å². The van der Waals surface area contributed by atoms with Crippen molar-refractivity contribution in [2.45, 2.75) is 0 Å². The van der Waals surface area contributed by atoms with Crippen LogP contribution in [0, 0.1) is 0 Å². The van der Waals surface area contributed by atoms with Gasteiger partial charge in [0.05, 0.1) is 0 Å². The second-order valence-corrected chi connectivity index (χ2v) is 1.85. The van der Waals surface area contributed by atoms with Crippen molar-refractivity contribution in [1.82, 2.24) is 0 Å². The summed E-state index contributed by atoms with van der Waals surface area (Å²) >= 11 is 2.77. The van der Waals surface area contributed by atoms with E-state index in [1.807, 2.05) is 12.2 Å². The van der Waals surface area contributed by atoms with Crippen molar-refractivity contribution in [3.05, 3.63) is 12.2 Å². The molecule has 30 valence electrons. The summed E-state index contributed by atoms with van der Waals surface area (Å²) < 4.78 is 0.968. The summed E-state index contributed by atoms with van der Waals surface area (Å²) in [5.41, 5.74) is 0. The van der Waals surface area contributed by atoms with Gasteiger partial charge in [0.2, 0.25) is 0 Å². The molecule has 0 fully saturated rings. The van der Waals surface area contributed by atoms with Gasteiger partial charge in [0.15, 0.2) is 0 Å². The van der Waals surface area contributed by atoms with Crippen molar-refractivity contribution in [2.75, 3.05) is 0 Å². The molecule has 2 heteroatoms. The average Bonchev–Trinajstić information content (AvgIpc) is 1.86. The molecule has 0 saturated carbocycles. The number of nitrogens with zero attached hydrogens (tertiary/aromatic N) is 1. The first-order valence-electron chi connectivity index (χ1n) is 1.64. The Morgan fingerprint density at radius 3 is 2.67 bits per heavy atom. The summed E-state index contributed by atoms with van der Waals surface area (Å²) in [7, 11) is 0. The Labute approximate surface area is 44.1 Å². The van der Waals surface area contributed by atoms with E-state index < -0.39 is 0 Å². The molecule has 1 heterocycles. The normalized spacial score (nSPS) is 17.0. The van der Waals surface area contributed by atoms with Crippen molar-refractivity contribution < 1.29 is 0 Å². The Bertz CT molecular complexity index is 110. The first-order chi connectivity index (χ1) is 2.89. The SMILES string of the molecule is [Se]=C1C=CC=N1. The molecule has 0 amide bonds. The minimum atomic E-state index is 0.968. The van der Waals surface area contributed by atoms with Gasteiger partial charge in [-0.05, 0) is 0 Å². The standard InChI is InChI=1S/C4H3NSe/c6-4-2-1-3-5-4/h1-3H. The molecule has 0 unspecified atom stereocenters. The second-order valence-electron chi connectivity index (χ2n) is 0.976. The molecule has 0 radical (unpaired) electrons. The van der Waals surface area contributed by atoms with Gasteiger partial charge in [-0.25, -0.2) is 0 Å². The van der Waals surface area contributed by atoms with Crippen LogP contribution < -0.4 is 0 Å². The number of rotatable bonds is 0. The van der Waals surface area contributed by atoms with E-state index in [1.165, 1.54) is 0 Å². The van der Waals surface area contributed by atoms with Gasteiger partial charge in [-0.15, -0.1) is 0 Å². The molecule has 6 heavy (non-hydrogen) atoms. The van der Waals surface area contributed by atoms with E-state index in [4.69, 9.17) is 0 Å². The average molecular weight is 144 g/mol. The van der Waals surface area contributed by atoms with Crippen molar-refractivity contribution >= 4 is 26.3 Å². The number of aliphatic imine (C=N–C) groups is 1. The molecule has 0 aromatic carbocycles. The van der Waals surface area contributed by atoms with Gasteiger partial charge in [-0.3, -0.25) is 0 Å². The van der Waals surface area contributed by atoms with Crippen LogP contribution in [0.4, 0.5) is 0 Å². The third-order valence-electron chi connectivity index (χ3n) is 0.527. The molecule has 0 atom stereocenters. The van der Waals surface area contributed by atoms with Gasteiger partial charge >= 0.3 is 43.5 Å². The fourth-order valence-corrected chi connectivity index (χ4v) is 0.577. The van der Waals surface area contributed by atoms with Crippen LogP contribution in [0.25, 0.3) is 0 Å². The Morgan fingerprint density at radius 1 is 1.67 bits per heavy atom. The number of allylic oxidation sites excluding steroid dienone is 1. The Morgan fingerprint density at radius 2 is 2.50 bits per heavy atom. The summed E-state index contributed by atoms with van der Waals surface area (Å²) in [5, 5.41) is 0. The molecule has 0 aromatic rings. The van der Waals surface area contributed by atoms with Crippen LogP contribution in [-0.4, -0.2) is 26.3 Å². The predicted molar refractivity (Wildman–Crippen MR) is 28.4 cm³/mol. The Kier molecular flexibility index (Phi) is 0.992. The molecule has 0 aromatic heterocycles. The van der Waals surface area contributed by atoms with E-state index in [-0.39, 0.29) is 0 Å². The fourth-order valence-electron chi connectivity index (χ4n) is 0.285. The number of hydrogen-bond acceptors (Lipinski definition) is 1. The van der Waals surface area contributed by atoms with Gasteiger partial charge in [0.1, 0.15) is 0 Å². The Balaban J connectivity index is 2.86. The van der Waals surface area contributed by atoms with Gasteiger partial charge in [0.25, 0.3) is 0 Å². The van der Waals surface area contributed by atoms with E-state index in [2.05, 4.69) is 20.6 Å². The van der Waals surface area contributed by atoms with Crippen molar-refractivity contribution in [1.29, 1.82) is 0 Å². The van der Waals surface area contributed by atoms with E-state index >= 15 is 0 Å². The van der Waals surface area contributed by atoms with Gasteiger partial charge in [-0.1, -0.05) is 0 Å². The second kappa shape index (κ2) is 1.50. The van der Waals surface area contributed by atoms with E-state index in [0.29, 0.717) is 0 Å². The summed E-state index contributed by atoms with van der Waals surface area (Å²) in [5.74, 6) is 0. The third-order valence-corrected chi connectivity index (χ3v) is 1.03. The van der Waals surface area contributed by atoms with Crippen LogP contribution in [0.1, 0.15) is 0 Å². The molecular formula is C4H3NSe. The quantitative estimate of drug-likeness (QED) is 0.422. The zero-order valence-corrected chi connectivity index (χ0v) is 4.80. The third kappa shape index (κ3) is 0.644. The first kappa shape index (κ1) is 3.97. The summed E-state index contributed by atoms with van der Waals surface area (Å²) in [4.78, 5) is 3.86. The van der Waals surface area contributed by atoms with Gasteiger partial charge in [0, 0.05) is 0 Å². The first-order valence-corrected chi connectivity index (χ1v) is 2.50. The van der Waals surface area contributed by atoms with Crippen molar-refractivity contribution in [3.8, 4) is 0 Å². The monoisotopic (exact) mass is 145 g/mol. The maximum absolute atomic E-state index is 3.86. The zero-order valence-electron chi connectivity index (χ0n) is 3.09. The molecule has 0 saturated heterocycles. The summed E-state index contributed by atoms with van der Waals surface area (Å²) in [6.07, 6.45) is 5.57. The van der Waals surface area contributed by atoms with Crippen LogP contribution in [0.5, 0.6) is 0 Å². The predicted octanol–water partition coefficient (Wildman–Crippen LogP) is -0.0746. The maximum atomic E-state index is 3.86. The van der Waals surface area contributed by atoms with Crippen LogP contribution in [-0.2, 0) is 0 Å². The minimum absolute atomic E-state index is 0.968.